The number of hydrogen-bond donors (Lipinski definition) is 2. The molecule has 6 nitrogen and oxygen atoms in total. The molecule has 3 N–H and O–H groups in total. The lowest BCUT2D eigenvalue weighted by Crippen LogP contribution is -2.79. The summed E-state index contributed by atoms with van der Waals surface area (Å²) < 4.78 is 10.9. The van der Waals surface area contributed by atoms with Crippen LogP contribution in [0.25, 0.3) is 0 Å². The van der Waals surface area contributed by atoms with Crippen molar-refractivity contribution in [1.82, 2.24) is 4.98 Å². The fraction of sp³-hybridized carbons (Fsp3) is 0.600. The van der Waals surface area contributed by atoms with Crippen LogP contribution in [0.2, 0.25) is 0 Å². The lowest BCUT2D eigenvalue weighted by atomic mass is 9.48. The zero-order chi connectivity index (χ0) is 15.3. The number of ether oxygens (including phenoxy) is 2. The van der Waals surface area contributed by atoms with Gasteiger partial charge in [-0.05, 0) is 18.6 Å². The van der Waals surface area contributed by atoms with Gasteiger partial charge in [-0.2, -0.15) is 0 Å². The molecule has 114 valence electrons. The zero-order valence-electron chi connectivity index (χ0n) is 12.6. The first-order valence-electron chi connectivity index (χ1n) is 7.14. The second kappa shape index (κ2) is 4.68. The van der Waals surface area contributed by atoms with Crippen LogP contribution in [0, 0.1) is 11.3 Å². The number of rotatable bonds is 3. The molecular weight excluding hydrogens is 270 g/mol. The number of carbonyl (C=O) groups is 1. The Morgan fingerprint density at radius 3 is 3.05 bits per heavy atom. The summed E-state index contributed by atoms with van der Waals surface area (Å²) >= 11 is 0. The molecule has 3 rings (SSSR count). The lowest BCUT2D eigenvalue weighted by molar-refractivity contribution is -0.170. The summed E-state index contributed by atoms with van der Waals surface area (Å²) in [6, 6.07) is 3.50. The molecule has 1 aromatic heterocycles. The van der Waals surface area contributed by atoms with E-state index in [1.807, 2.05) is 13.8 Å². The Labute approximate surface area is 124 Å². The highest BCUT2D eigenvalue weighted by Gasteiger charge is 2.71. The first-order valence-corrected chi connectivity index (χ1v) is 7.14. The Hall–Kier alpha value is -1.66. The number of fused-ring (bicyclic) bond motifs is 1. The molecule has 0 aromatic carbocycles. The van der Waals surface area contributed by atoms with E-state index in [0.717, 1.165) is 6.42 Å². The molecular formula is C15H21N3O3. The van der Waals surface area contributed by atoms with Gasteiger partial charge < -0.3 is 20.5 Å². The standard InChI is InChI=1S/C15H21N3O3/c1-14(2)11-9(6-8-21-11)15(14,16)13(19)18-10-5-4-7-17-12(10)20-3/h4-5,7,9,11H,6,8,16H2,1-3H3,(H,18,19). The molecule has 1 saturated carbocycles. The topological polar surface area (TPSA) is 86.5 Å². The zero-order valence-corrected chi connectivity index (χ0v) is 12.6. The van der Waals surface area contributed by atoms with Crippen LogP contribution in [0.1, 0.15) is 20.3 Å². The van der Waals surface area contributed by atoms with Gasteiger partial charge in [-0.25, -0.2) is 4.98 Å². The van der Waals surface area contributed by atoms with E-state index in [0.29, 0.717) is 18.2 Å². The molecule has 3 atom stereocenters. The van der Waals surface area contributed by atoms with E-state index < -0.39 is 11.0 Å². The molecule has 1 amide bonds. The summed E-state index contributed by atoms with van der Waals surface area (Å²) in [6.07, 6.45) is 2.49. The number of carbonyl (C=O) groups excluding carboxylic acids is 1. The van der Waals surface area contributed by atoms with Gasteiger partial charge in [0.2, 0.25) is 11.8 Å². The first kappa shape index (κ1) is 14.3. The molecule has 1 aliphatic carbocycles. The maximum absolute atomic E-state index is 12.8. The van der Waals surface area contributed by atoms with Gasteiger partial charge >= 0.3 is 0 Å². The molecule has 2 aliphatic rings. The van der Waals surface area contributed by atoms with E-state index in [-0.39, 0.29) is 17.9 Å². The second-order valence-electron chi connectivity index (χ2n) is 6.29. The maximum Gasteiger partial charge on any atom is 0.245 e. The SMILES string of the molecule is COc1ncccc1NC(=O)C1(N)C2CCOC2C1(C)C. The van der Waals surface area contributed by atoms with Gasteiger partial charge in [0.15, 0.2) is 0 Å². The smallest absolute Gasteiger partial charge is 0.245 e. The van der Waals surface area contributed by atoms with Gasteiger partial charge in [0, 0.05) is 24.1 Å². The van der Waals surface area contributed by atoms with Gasteiger partial charge in [0.05, 0.1) is 13.2 Å². The van der Waals surface area contributed by atoms with Crippen molar-refractivity contribution in [3.63, 3.8) is 0 Å². The van der Waals surface area contributed by atoms with Crippen molar-refractivity contribution in [3.8, 4) is 5.88 Å². The molecule has 21 heavy (non-hydrogen) atoms. The third kappa shape index (κ3) is 1.79. The number of aromatic nitrogens is 1. The van der Waals surface area contributed by atoms with Gasteiger partial charge in [-0.15, -0.1) is 0 Å². The highest BCUT2D eigenvalue weighted by Crippen LogP contribution is 2.58. The van der Waals surface area contributed by atoms with Crippen LogP contribution in [0.15, 0.2) is 18.3 Å². The number of nitrogens with one attached hydrogen (secondary N) is 1. The Balaban J connectivity index is 1.85. The van der Waals surface area contributed by atoms with Crippen molar-refractivity contribution in [1.29, 1.82) is 0 Å². The Morgan fingerprint density at radius 2 is 2.33 bits per heavy atom. The van der Waals surface area contributed by atoms with Crippen molar-refractivity contribution >= 4 is 11.6 Å². The number of nitrogens with zero attached hydrogens (tertiary/aromatic N) is 1. The number of pyridine rings is 1. The number of amides is 1. The lowest BCUT2D eigenvalue weighted by Gasteiger charge is -2.60. The van der Waals surface area contributed by atoms with Crippen LogP contribution in [0.4, 0.5) is 5.69 Å². The monoisotopic (exact) mass is 291 g/mol. The quantitative estimate of drug-likeness (QED) is 0.873. The van der Waals surface area contributed by atoms with Crippen LogP contribution in [0.5, 0.6) is 5.88 Å². The first-order chi connectivity index (χ1) is 9.92. The third-order valence-electron chi connectivity index (χ3n) is 5.04. The van der Waals surface area contributed by atoms with Gasteiger partial charge in [-0.3, -0.25) is 4.79 Å². The largest absolute Gasteiger partial charge is 0.480 e. The van der Waals surface area contributed by atoms with E-state index in [9.17, 15) is 4.79 Å². The van der Waals surface area contributed by atoms with E-state index in [4.69, 9.17) is 15.2 Å². The molecule has 6 heteroatoms. The van der Waals surface area contributed by atoms with Gasteiger partial charge in [0.1, 0.15) is 11.2 Å². The predicted octanol–water partition coefficient (Wildman–Crippen LogP) is 1.17. The van der Waals surface area contributed by atoms with E-state index >= 15 is 0 Å². The van der Waals surface area contributed by atoms with Crippen LogP contribution >= 0.6 is 0 Å². The average molecular weight is 291 g/mol. The second-order valence-corrected chi connectivity index (χ2v) is 6.29. The summed E-state index contributed by atoms with van der Waals surface area (Å²) in [5, 5.41) is 2.87. The van der Waals surface area contributed by atoms with Crippen LogP contribution in [-0.4, -0.2) is 36.3 Å². The minimum absolute atomic E-state index is 0.0593. The number of methoxy groups -OCH3 is 1. The highest BCUT2D eigenvalue weighted by molar-refractivity contribution is 6.01. The van der Waals surface area contributed by atoms with E-state index in [1.54, 1.807) is 18.3 Å². The fourth-order valence-corrected chi connectivity index (χ4v) is 3.72. The van der Waals surface area contributed by atoms with Crippen molar-refractivity contribution in [2.24, 2.45) is 17.1 Å². The van der Waals surface area contributed by atoms with Gasteiger partial charge in [0.25, 0.3) is 0 Å². The predicted molar refractivity (Wildman–Crippen MR) is 78.0 cm³/mol. The fourth-order valence-electron chi connectivity index (χ4n) is 3.72. The summed E-state index contributed by atoms with van der Waals surface area (Å²) in [5.41, 5.74) is 5.70. The van der Waals surface area contributed by atoms with E-state index in [1.165, 1.54) is 7.11 Å². The summed E-state index contributed by atoms with van der Waals surface area (Å²) in [7, 11) is 1.52. The molecule has 2 heterocycles. The van der Waals surface area contributed by atoms with Crippen LogP contribution in [-0.2, 0) is 9.53 Å². The molecule has 3 unspecified atom stereocenters. The Kier molecular flexibility index (Phi) is 3.18. The molecule has 1 saturated heterocycles. The van der Waals surface area contributed by atoms with Crippen molar-refractivity contribution < 1.29 is 14.3 Å². The normalized spacial score (nSPS) is 33.0. The number of anilines is 1. The Bertz CT molecular complexity index is 575. The van der Waals surface area contributed by atoms with E-state index in [2.05, 4.69) is 10.3 Å². The minimum Gasteiger partial charge on any atom is -0.480 e. The molecule has 0 bridgehead atoms. The molecule has 0 radical (unpaired) electrons. The van der Waals surface area contributed by atoms with Crippen molar-refractivity contribution in [2.45, 2.75) is 31.9 Å². The van der Waals surface area contributed by atoms with Crippen molar-refractivity contribution in [3.05, 3.63) is 18.3 Å². The Morgan fingerprint density at radius 1 is 1.57 bits per heavy atom. The maximum atomic E-state index is 12.8. The molecule has 1 aromatic rings. The van der Waals surface area contributed by atoms with Crippen LogP contribution in [0.3, 0.4) is 0 Å². The van der Waals surface area contributed by atoms with Gasteiger partial charge in [-0.1, -0.05) is 13.8 Å². The summed E-state index contributed by atoms with van der Waals surface area (Å²) in [5.74, 6) is 0.242. The van der Waals surface area contributed by atoms with Crippen molar-refractivity contribution in [2.75, 3.05) is 19.0 Å². The minimum atomic E-state index is -0.935. The molecule has 2 fully saturated rings. The average Bonchev–Trinajstić information content (AvgIpc) is 2.95. The number of hydrogen-bond acceptors (Lipinski definition) is 5. The molecule has 0 spiro atoms. The summed E-state index contributed by atoms with van der Waals surface area (Å²) in [6.45, 7) is 4.64. The van der Waals surface area contributed by atoms with Crippen LogP contribution < -0.4 is 15.8 Å². The number of nitrogens with two attached hydrogens (primary N) is 1. The summed E-state index contributed by atoms with van der Waals surface area (Å²) in [4.78, 5) is 16.8. The third-order valence-corrected chi connectivity index (χ3v) is 5.04. The highest BCUT2D eigenvalue weighted by atomic mass is 16.5. The molecule has 1 aliphatic heterocycles.